The zero-order valence-corrected chi connectivity index (χ0v) is 12.4. The molecule has 21 heavy (non-hydrogen) atoms. The van der Waals surface area contributed by atoms with Crippen molar-refractivity contribution < 1.29 is 14.3 Å². The number of amides is 1. The van der Waals surface area contributed by atoms with Gasteiger partial charge >= 0.3 is 0 Å². The highest BCUT2D eigenvalue weighted by Crippen LogP contribution is 2.15. The molecule has 1 saturated heterocycles. The van der Waals surface area contributed by atoms with Gasteiger partial charge in [-0.15, -0.1) is 0 Å². The van der Waals surface area contributed by atoms with Crippen molar-refractivity contribution in [2.24, 2.45) is 0 Å². The van der Waals surface area contributed by atoms with Gasteiger partial charge in [-0.25, -0.2) is 0 Å². The maximum absolute atomic E-state index is 12.0. The van der Waals surface area contributed by atoms with E-state index < -0.39 is 6.10 Å². The molecule has 1 fully saturated rings. The molecule has 0 radical (unpaired) electrons. The van der Waals surface area contributed by atoms with Gasteiger partial charge in [-0.3, -0.25) is 9.69 Å². The third-order valence-corrected chi connectivity index (χ3v) is 3.37. The molecule has 0 aliphatic carbocycles. The van der Waals surface area contributed by atoms with Gasteiger partial charge in [-0.2, -0.15) is 0 Å². The summed E-state index contributed by atoms with van der Waals surface area (Å²) >= 11 is 0. The minimum Gasteiger partial charge on any atom is -0.481 e. The zero-order chi connectivity index (χ0) is 15.1. The number of ether oxygens (including phenoxy) is 2. The molecular weight excluding hydrogens is 270 g/mol. The Bertz CT molecular complexity index is 461. The standard InChI is InChI=1S/C15H23N3O3/c1-12(21-14-4-2-3-13(16)11-14)15(19)17-5-6-18-7-9-20-10-8-18/h2-4,11-12H,5-10,16H2,1H3,(H,17,19). The van der Waals surface area contributed by atoms with Crippen LogP contribution >= 0.6 is 0 Å². The summed E-state index contributed by atoms with van der Waals surface area (Å²) < 4.78 is 10.9. The van der Waals surface area contributed by atoms with E-state index in [1.165, 1.54) is 0 Å². The van der Waals surface area contributed by atoms with Crippen molar-refractivity contribution in [3.05, 3.63) is 24.3 Å². The third-order valence-electron chi connectivity index (χ3n) is 3.37. The first-order chi connectivity index (χ1) is 10.1. The van der Waals surface area contributed by atoms with E-state index in [4.69, 9.17) is 15.2 Å². The number of anilines is 1. The number of carbonyl (C=O) groups excluding carboxylic acids is 1. The van der Waals surface area contributed by atoms with Crippen molar-refractivity contribution >= 4 is 11.6 Å². The number of nitrogen functional groups attached to an aromatic ring is 1. The number of nitrogens with one attached hydrogen (secondary N) is 1. The van der Waals surface area contributed by atoms with Crippen molar-refractivity contribution in [2.75, 3.05) is 45.1 Å². The Morgan fingerprint density at radius 2 is 2.24 bits per heavy atom. The molecule has 1 unspecified atom stereocenters. The first-order valence-electron chi connectivity index (χ1n) is 7.25. The van der Waals surface area contributed by atoms with Gasteiger partial charge in [0.1, 0.15) is 5.75 Å². The fraction of sp³-hybridized carbons (Fsp3) is 0.533. The highest BCUT2D eigenvalue weighted by molar-refractivity contribution is 5.80. The topological polar surface area (TPSA) is 76.8 Å². The average Bonchev–Trinajstić information content (AvgIpc) is 2.48. The number of carbonyl (C=O) groups is 1. The maximum Gasteiger partial charge on any atom is 0.260 e. The van der Waals surface area contributed by atoms with E-state index in [9.17, 15) is 4.79 Å². The monoisotopic (exact) mass is 293 g/mol. The van der Waals surface area contributed by atoms with Gasteiger partial charge < -0.3 is 20.5 Å². The van der Waals surface area contributed by atoms with Crippen molar-refractivity contribution in [2.45, 2.75) is 13.0 Å². The molecule has 1 aromatic carbocycles. The van der Waals surface area contributed by atoms with Crippen LogP contribution in [-0.4, -0.2) is 56.3 Å². The van der Waals surface area contributed by atoms with Crippen LogP contribution in [0.3, 0.4) is 0 Å². The lowest BCUT2D eigenvalue weighted by Gasteiger charge is -2.26. The highest BCUT2D eigenvalue weighted by Gasteiger charge is 2.15. The van der Waals surface area contributed by atoms with Gasteiger partial charge in [0.05, 0.1) is 13.2 Å². The van der Waals surface area contributed by atoms with Crippen LogP contribution in [0.25, 0.3) is 0 Å². The van der Waals surface area contributed by atoms with Crippen molar-refractivity contribution in [1.82, 2.24) is 10.2 Å². The fourth-order valence-electron chi connectivity index (χ4n) is 2.15. The quantitative estimate of drug-likeness (QED) is 0.746. The summed E-state index contributed by atoms with van der Waals surface area (Å²) in [5.74, 6) is 0.483. The Morgan fingerprint density at radius 3 is 2.95 bits per heavy atom. The number of benzene rings is 1. The van der Waals surface area contributed by atoms with E-state index in [2.05, 4.69) is 10.2 Å². The lowest BCUT2D eigenvalue weighted by molar-refractivity contribution is -0.127. The number of morpholine rings is 1. The summed E-state index contributed by atoms with van der Waals surface area (Å²) in [5, 5.41) is 2.89. The number of rotatable bonds is 6. The van der Waals surface area contributed by atoms with Crippen LogP contribution in [-0.2, 0) is 9.53 Å². The lowest BCUT2D eigenvalue weighted by Crippen LogP contribution is -2.43. The van der Waals surface area contributed by atoms with Gasteiger partial charge in [0.25, 0.3) is 5.91 Å². The minimum absolute atomic E-state index is 0.120. The molecule has 0 aromatic heterocycles. The molecule has 1 amide bonds. The van der Waals surface area contributed by atoms with Gasteiger partial charge in [0.2, 0.25) is 0 Å². The Kier molecular flexibility index (Phi) is 5.83. The SMILES string of the molecule is CC(Oc1cccc(N)c1)C(=O)NCCN1CCOCC1. The lowest BCUT2D eigenvalue weighted by atomic mass is 10.3. The normalized spacial score (nSPS) is 17.2. The molecular formula is C15H23N3O3. The first-order valence-corrected chi connectivity index (χ1v) is 7.25. The molecule has 0 saturated carbocycles. The van der Waals surface area contributed by atoms with Crippen LogP contribution < -0.4 is 15.8 Å². The number of nitrogens with two attached hydrogens (primary N) is 1. The molecule has 1 atom stereocenters. The second-order valence-corrected chi connectivity index (χ2v) is 5.08. The maximum atomic E-state index is 12.0. The third kappa shape index (κ3) is 5.24. The van der Waals surface area contributed by atoms with Gasteiger partial charge in [0, 0.05) is 37.9 Å². The highest BCUT2D eigenvalue weighted by atomic mass is 16.5. The Morgan fingerprint density at radius 1 is 1.48 bits per heavy atom. The van der Waals surface area contributed by atoms with E-state index in [0.29, 0.717) is 18.0 Å². The summed E-state index contributed by atoms with van der Waals surface area (Å²) in [6.07, 6.45) is -0.545. The van der Waals surface area contributed by atoms with Crippen LogP contribution in [0.15, 0.2) is 24.3 Å². The van der Waals surface area contributed by atoms with Crippen LogP contribution in [0.2, 0.25) is 0 Å². The van der Waals surface area contributed by atoms with E-state index in [-0.39, 0.29) is 5.91 Å². The van der Waals surface area contributed by atoms with Gasteiger partial charge in [-0.05, 0) is 19.1 Å². The molecule has 6 heteroatoms. The summed E-state index contributed by atoms with van der Waals surface area (Å²) in [7, 11) is 0. The predicted octanol–water partition coefficient (Wildman–Crippen LogP) is 0.485. The summed E-state index contributed by atoms with van der Waals surface area (Å²) in [5.41, 5.74) is 6.29. The van der Waals surface area contributed by atoms with E-state index in [0.717, 1.165) is 32.8 Å². The van der Waals surface area contributed by atoms with Gasteiger partial charge in [0.15, 0.2) is 6.10 Å². The largest absolute Gasteiger partial charge is 0.481 e. The molecule has 1 aliphatic rings. The minimum atomic E-state index is -0.545. The fourth-order valence-corrected chi connectivity index (χ4v) is 2.15. The van der Waals surface area contributed by atoms with Crippen LogP contribution in [0.5, 0.6) is 5.75 Å². The number of hydrogen-bond acceptors (Lipinski definition) is 5. The van der Waals surface area contributed by atoms with E-state index >= 15 is 0 Å². The van der Waals surface area contributed by atoms with Crippen molar-refractivity contribution in [1.29, 1.82) is 0 Å². The molecule has 0 bridgehead atoms. The molecule has 1 heterocycles. The van der Waals surface area contributed by atoms with E-state index in [1.807, 2.05) is 0 Å². The second-order valence-electron chi connectivity index (χ2n) is 5.08. The van der Waals surface area contributed by atoms with E-state index in [1.54, 1.807) is 31.2 Å². The Labute approximate surface area is 125 Å². The molecule has 0 spiro atoms. The van der Waals surface area contributed by atoms with Crippen molar-refractivity contribution in [3.8, 4) is 5.75 Å². The van der Waals surface area contributed by atoms with Crippen molar-refractivity contribution in [3.63, 3.8) is 0 Å². The Hall–Kier alpha value is -1.79. The smallest absolute Gasteiger partial charge is 0.260 e. The molecule has 1 aliphatic heterocycles. The summed E-state index contributed by atoms with van der Waals surface area (Å²) in [6, 6.07) is 7.07. The zero-order valence-electron chi connectivity index (χ0n) is 12.4. The number of nitrogens with zero attached hydrogens (tertiary/aromatic N) is 1. The first kappa shape index (κ1) is 15.6. The van der Waals surface area contributed by atoms with Crippen LogP contribution in [0.1, 0.15) is 6.92 Å². The predicted molar refractivity (Wildman–Crippen MR) is 81.2 cm³/mol. The number of hydrogen-bond donors (Lipinski definition) is 2. The average molecular weight is 293 g/mol. The summed E-state index contributed by atoms with van der Waals surface area (Å²) in [4.78, 5) is 14.2. The molecule has 1 aromatic rings. The molecule has 116 valence electrons. The molecule has 6 nitrogen and oxygen atoms in total. The Balaban J connectivity index is 1.69. The molecule has 3 N–H and O–H groups in total. The molecule has 2 rings (SSSR count). The van der Waals surface area contributed by atoms with Gasteiger partial charge in [-0.1, -0.05) is 6.07 Å². The van der Waals surface area contributed by atoms with Crippen LogP contribution in [0, 0.1) is 0 Å². The van der Waals surface area contributed by atoms with Crippen LogP contribution in [0.4, 0.5) is 5.69 Å². The summed E-state index contributed by atoms with van der Waals surface area (Å²) in [6.45, 7) is 6.55. The second kappa shape index (κ2) is 7.85.